The van der Waals surface area contributed by atoms with E-state index in [1.807, 2.05) is 0 Å². The van der Waals surface area contributed by atoms with Crippen LogP contribution in [0.5, 0.6) is 11.5 Å². The number of nitrogens with one attached hydrogen (secondary N) is 1. The lowest BCUT2D eigenvalue weighted by molar-refractivity contribution is 0.0962. The van der Waals surface area contributed by atoms with Gasteiger partial charge in [-0.1, -0.05) is 0 Å². The lowest BCUT2D eigenvalue weighted by Crippen LogP contribution is -2.17. The summed E-state index contributed by atoms with van der Waals surface area (Å²) in [5.41, 5.74) is 1.96. The normalized spacial score (nSPS) is 10.0. The quantitative estimate of drug-likeness (QED) is 0.833. The summed E-state index contributed by atoms with van der Waals surface area (Å²) in [4.78, 5) is 23.0. The van der Waals surface area contributed by atoms with Crippen molar-refractivity contribution >= 4 is 11.7 Å². The van der Waals surface area contributed by atoms with E-state index in [0.717, 1.165) is 5.56 Å². The first kappa shape index (κ1) is 16.5. The third-order valence-electron chi connectivity index (χ3n) is 3.42. The molecular weight excluding hydrogens is 294 g/mol. The van der Waals surface area contributed by atoms with Gasteiger partial charge in [0.2, 0.25) is 0 Å². The Bertz CT molecular complexity index is 707. The summed E-state index contributed by atoms with van der Waals surface area (Å²) >= 11 is 0. The molecule has 5 heteroatoms. The zero-order chi connectivity index (χ0) is 16.8. The number of Topliss-reactive ketones (excluding diaryl/α,β-unsaturated/α-hetero) is 1. The second-order valence-electron chi connectivity index (χ2n) is 4.97. The minimum atomic E-state index is -0.146. The topological polar surface area (TPSA) is 64.6 Å². The van der Waals surface area contributed by atoms with E-state index < -0.39 is 0 Å². The van der Waals surface area contributed by atoms with Crippen LogP contribution in [0.2, 0.25) is 0 Å². The van der Waals surface area contributed by atoms with E-state index in [-0.39, 0.29) is 18.3 Å². The van der Waals surface area contributed by atoms with Gasteiger partial charge in [-0.05, 0) is 49.4 Å². The Kier molecular flexibility index (Phi) is 5.36. The van der Waals surface area contributed by atoms with Crippen molar-refractivity contribution in [2.45, 2.75) is 13.5 Å². The van der Waals surface area contributed by atoms with E-state index in [9.17, 15) is 9.59 Å². The third-order valence-corrected chi connectivity index (χ3v) is 3.42. The Labute approximate surface area is 135 Å². The molecule has 1 N–H and O–H groups in total. The number of carbonyl (C=O) groups is 2. The number of rotatable bonds is 6. The zero-order valence-corrected chi connectivity index (χ0v) is 13.4. The second-order valence-corrected chi connectivity index (χ2v) is 4.97. The molecule has 0 aliphatic rings. The molecule has 2 rings (SSSR count). The average Bonchev–Trinajstić information content (AvgIpc) is 2.59. The third kappa shape index (κ3) is 4.10. The maximum Gasteiger partial charge on any atom is 0.251 e. The number of hydrogen-bond donors (Lipinski definition) is 1. The van der Waals surface area contributed by atoms with Crippen LogP contribution in [0.15, 0.2) is 42.5 Å². The van der Waals surface area contributed by atoms with E-state index in [1.54, 1.807) is 56.6 Å². The summed E-state index contributed by atoms with van der Waals surface area (Å²) in [7, 11) is 3.16. The highest BCUT2D eigenvalue weighted by molar-refractivity contribution is 5.94. The monoisotopic (exact) mass is 313 g/mol. The second kappa shape index (κ2) is 7.45. The average molecular weight is 313 g/mol. The van der Waals surface area contributed by atoms with Gasteiger partial charge in [-0.15, -0.1) is 0 Å². The number of ketones is 1. The largest absolute Gasteiger partial charge is 0.496 e. The minimum absolute atomic E-state index is 0.0103. The summed E-state index contributed by atoms with van der Waals surface area (Å²) in [6.07, 6.45) is 0. The predicted octanol–water partition coefficient (Wildman–Crippen LogP) is 2.84. The molecule has 0 aromatic heterocycles. The van der Waals surface area contributed by atoms with Crippen LogP contribution >= 0.6 is 0 Å². The van der Waals surface area contributed by atoms with Gasteiger partial charge in [0.1, 0.15) is 18.1 Å². The van der Waals surface area contributed by atoms with E-state index in [4.69, 9.17) is 9.47 Å². The Balaban J connectivity index is 2.12. The number of ether oxygens (including phenoxy) is 2. The zero-order valence-electron chi connectivity index (χ0n) is 13.4. The molecule has 0 saturated carbocycles. The lowest BCUT2D eigenvalue weighted by Gasteiger charge is -2.11. The van der Waals surface area contributed by atoms with Crippen LogP contribution in [-0.4, -0.2) is 25.8 Å². The SMILES string of the molecule is CNC(=O)c1ccc(OCc2cc(C(C)=O)ccc2OC)cc1. The first-order valence-electron chi connectivity index (χ1n) is 7.18. The fourth-order valence-corrected chi connectivity index (χ4v) is 2.12. The number of amides is 1. The molecule has 0 atom stereocenters. The van der Waals surface area contributed by atoms with Gasteiger partial charge in [0.25, 0.3) is 5.91 Å². The first-order chi connectivity index (χ1) is 11.0. The van der Waals surface area contributed by atoms with E-state index >= 15 is 0 Å². The summed E-state index contributed by atoms with van der Waals surface area (Å²) in [5, 5.41) is 2.56. The number of carbonyl (C=O) groups excluding carboxylic acids is 2. The molecule has 0 unspecified atom stereocenters. The van der Waals surface area contributed by atoms with Crippen molar-refractivity contribution in [2.75, 3.05) is 14.2 Å². The highest BCUT2D eigenvalue weighted by Gasteiger charge is 2.09. The summed E-state index contributed by atoms with van der Waals surface area (Å²) in [5.74, 6) is 1.14. The molecule has 0 fully saturated rings. The molecule has 0 aliphatic carbocycles. The maximum absolute atomic E-state index is 11.5. The Hall–Kier alpha value is -2.82. The summed E-state index contributed by atoms with van der Waals surface area (Å²) in [6, 6.07) is 12.1. The van der Waals surface area contributed by atoms with Crippen molar-refractivity contribution in [3.63, 3.8) is 0 Å². The Morgan fingerprint density at radius 2 is 1.70 bits per heavy atom. The van der Waals surface area contributed by atoms with Crippen LogP contribution in [0.25, 0.3) is 0 Å². The fraction of sp³-hybridized carbons (Fsp3) is 0.222. The molecular formula is C18H19NO4. The number of benzene rings is 2. The van der Waals surface area contributed by atoms with E-state index in [0.29, 0.717) is 22.6 Å². The highest BCUT2D eigenvalue weighted by Crippen LogP contribution is 2.22. The number of methoxy groups -OCH3 is 1. The molecule has 23 heavy (non-hydrogen) atoms. The van der Waals surface area contributed by atoms with Crippen molar-refractivity contribution in [3.05, 3.63) is 59.2 Å². The van der Waals surface area contributed by atoms with Crippen molar-refractivity contribution < 1.29 is 19.1 Å². The molecule has 0 bridgehead atoms. The molecule has 120 valence electrons. The fourth-order valence-electron chi connectivity index (χ4n) is 2.12. The lowest BCUT2D eigenvalue weighted by atomic mass is 10.1. The summed E-state index contributed by atoms with van der Waals surface area (Å²) < 4.78 is 11.0. The van der Waals surface area contributed by atoms with Crippen LogP contribution in [0, 0.1) is 0 Å². The van der Waals surface area contributed by atoms with Gasteiger partial charge in [0.15, 0.2) is 5.78 Å². The van der Waals surface area contributed by atoms with Crippen LogP contribution in [0.4, 0.5) is 0 Å². The van der Waals surface area contributed by atoms with Gasteiger partial charge in [0.05, 0.1) is 7.11 Å². The van der Waals surface area contributed by atoms with E-state index in [1.165, 1.54) is 6.92 Å². The molecule has 0 spiro atoms. The van der Waals surface area contributed by atoms with Gasteiger partial charge in [-0.3, -0.25) is 9.59 Å². The molecule has 0 saturated heterocycles. The molecule has 1 amide bonds. The molecule has 0 radical (unpaired) electrons. The smallest absolute Gasteiger partial charge is 0.251 e. The van der Waals surface area contributed by atoms with Gasteiger partial charge >= 0.3 is 0 Å². The van der Waals surface area contributed by atoms with Gasteiger partial charge in [-0.25, -0.2) is 0 Å². The van der Waals surface area contributed by atoms with Crippen LogP contribution in [0.1, 0.15) is 33.2 Å². The minimum Gasteiger partial charge on any atom is -0.496 e. The predicted molar refractivity (Wildman–Crippen MR) is 87.2 cm³/mol. The van der Waals surface area contributed by atoms with Crippen molar-refractivity contribution in [1.29, 1.82) is 0 Å². The standard InChI is InChI=1S/C18H19NO4/c1-12(20)14-6-9-17(22-3)15(10-14)11-23-16-7-4-13(5-8-16)18(21)19-2/h4-10H,11H2,1-3H3,(H,19,21). The van der Waals surface area contributed by atoms with E-state index in [2.05, 4.69) is 5.32 Å². The molecule has 0 aliphatic heterocycles. The van der Waals surface area contributed by atoms with Gasteiger partial charge in [-0.2, -0.15) is 0 Å². The van der Waals surface area contributed by atoms with Crippen molar-refractivity contribution in [2.24, 2.45) is 0 Å². The van der Waals surface area contributed by atoms with Crippen molar-refractivity contribution in [3.8, 4) is 11.5 Å². The van der Waals surface area contributed by atoms with Crippen LogP contribution in [0.3, 0.4) is 0 Å². The summed E-state index contributed by atoms with van der Waals surface area (Å²) in [6.45, 7) is 1.79. The molecule has 0 heterocycles. The maximum atomic E-state index is 11.5. The van der Waals surface area contributed by atoms with Gasteiger partial charge in [0, 0.05) is 23.7 Å². The molecule has 5 nitrogen and oxygen atoms in total. The first-order valence-corrected chi connectivity index (χ1v) is 7.18. The number of hydrogen-bond acceptors (Lipinski definition) is 4. The van der Waals surface area contributed by atoms with Gasteiger partial charge < -0.3 is 14.8 Å². The molecule has 2 aromatic carbocycles. The molecule has 2 aromatic rings. The van der Waals surface area contributed by atoms with Crippen molar-refractivity contribution in [1.82, 2.24) is 5.32 Å². The Morgan fingerprint density at radius 3 is 2.26 bits per heavy atom. The highest BCUT2D eigenvalue weighted by atomic mass is 16.5. The van der Waals surface area contributed by atoms with Crippen LogP contribution in [-0.2, 0) is 6.61 Å². The van der Waals surface area contributed by atoms with Crippen LogP contribution < -0.4 is 14.8 Å². The Morgan fingerprint density at radius 1 is 1.04 bits per heavy atom.